The summed E-state index contributed by atoms with van der Waals surface area (Å²) in [4.78, 5) is 12.9. The van der Waals surface area contributed by atoms with Crippen molar-refractivity contribution in [2.45, 2.75) is 19.3 Å². The van der Waals surface area contributed by atoms with Crippen LogP contribution >= 0.6 is 29.5 Å². The van der Waals surface area contributed by atoms with Crippen molar-refractivity contribution < 1.29 is 23.6 Å². The number of allylic oxidation sites excluding steroid dienone is 1. The molecule has 0 heterocycles. The Morgan fingerprint density at radius 1 is 0.725 bits per heavy atom. The molecule has 5 aromatic rings. The summed E-state index contributed by atoms with van der Waals surface area (Å²) in [5.41, 5.74) is 9.98. The summed E-state index contributed by atoms with van der Waals surface area (Å²) in [6, 6.07) is 42.2. The highest BCUT2D eigenvalue weighted by atomic mass is 35.7. The summed E-state index contributed by atoms with van der Waals surface area (Å²) in [6.45, 7) is 2.03. The molecule has 0 aliphatic heterocycles. The van der Waals surface area contributed by atoms with Gasteiger partial charge in [0.05, 0.1) is 0 Å². The molecule has 0 amide bonds. The van der Waals surface area contributed by atoms with Crippen LogP contribution in [0.5, 0.6) is 11.5 Å². The molecule has 1 unspecified atom stereocenters. The molecule has 0 saturated carbocycles. The van der Waals surface area contributed by atoms with Crippen LogP contribution in [0.1, 0.15) is 47.1 Å². The third kappa shape index (κ3) is 8.77. The van der Waals surface area contributed by atoms with Gasteiger partial charge in [-0.2, -0.15) is 0 Å². The van der Waals surface area contributed by atoms with Crippen LogP contribution in [0.4, 0.5) is 4.79 Å². The molecule has 0 aromatic heterocycles. The molecule has 1 atom stereocenters. The Morgan fingerprint density at radius 2 is 1.27 bits per heavy atom. The van der Waals surface area contributed by atoms with Crippen LogP contribution in [-0.2, 0) is 9.30 Å². The van der Waals surface area contributed by atoms with Gasteiger partial charge in [0.15, 0.2) is 0 Å². The van der Waals surface area contributed by atoms with Gasteiger partial charge in [0.1, 0.15) is 24.7 Å². The molecule has 0 bridgehead atoms. The van der Waals surface area contributed by atoms with Gasteiger partial charge in [-0.1, -0.05) is 110 Å². The van der Waals surface area contributed by atoms with Crippen molar-refractivity contribution in [3.63, 3.8) is 0 Å². The lowest BCUT2D eigenvalue weighted by Gasteiger charge is -2.23. The van der Waals surface area contributed by atoms with E-state index in [-0.39, 0.29) is 12.5 Å². The number of fused-ring (bicyclic) bond motifs is 3. The first-order valence-electron chi connectivity index (χ1n) is 17.0. The molecule has 0 saturated heterocycles. The van der Waals surface area contributed by atoms with Gasteiger partial charge in [-0.3, -0.25) is 4.57 Å². The molecular formula is C42H40Cl2NO5P. The highest BCUT2D eigenvalue weighted by Crippen LogP contribution is 2.50. The van der Waals surface area contributed by atoms with E-state index in [0.717, 1.165) is 39.8 Å². The molecule has 51 heavy (non-hydrogen) atoms. The van der Waals surface area contributed by atoms with Crippen molar-refractivity contribution in [2.24, 2.45) is 0 Å². The van der Waals surface area contributed by atoms with Crippen molar-refractivity contribution in [2.75, 3.05) is 38.8 Å². The molecule has 6 rings (SSSR count). The number of alkyl halides is 1. The Bertz CT molecular complexity index is 1980. The van der Waals surface area contributed by atoms with E-state index in [4.69, 9.17) is 37.1 Å². The number of carbonyl (C=O) groups is 1. The van der Waals surface area contributed by atoms with Crippen LogP contribution in [0.15, 0.2) is 127 Å². The third-order valence-corrected chi connectivity index (χ3v) is 11.3. The normalized spacial score (nSPS) is 13.9. The Balaban J connectivity index is 1.17. The average Bonchev–Trinajstić information content (AvgIpc) is 3.47. The molecule has 0 spiro atoms. The lowest BCUT2D eigenvalue weighted by atomic mass is 9.88. The van der Waals surface area contributed by atoms with Gasteiger partial charge in [-0.15, -0.1) is 11.6 Å². The van der Waals surface area contributed by atoms with Gasteiger partial charge in [0, 0.05) is 31.6 Å². The van der Waals surface area contributed by atoms with Crippen LogP contribution in [0.25, 0.3) is 22.3 Å². The summed E-state index contributed by atoms with van der Waals surface area (Å²) in [7, 11) is 0. The maximum Gasteiger partial charge on any atom is 0.513 e. The fraction of sp³-hybridized carbons (Fsp3) is 0.214. The molecule has 9 heteroatoms. The Morgan fingerprint density at radius 3 is 1.82 bits per heavy atom. The van der Waals surface area contributed by atoms with E-state index in [1.165, 1.54) is 23.4 Å². The number of halogens is 2. The molecule has 5 aromatic carbocycles. The van der Waals surface area contributed by atoms with E-state index >= 15 is 0 Å². The van der Waals surface area contributed by atoms with Crippen LogP contribution in [0.3, 0.4) is 0 Å². The van der Waals surface area contributed by atoms with Gasteiger partial charge >= 0.3 is 6.16 Å². The number of nitrogens with zero attached hydrogens (tertiary/aromatic N) is 1. The molecule has 1 aliphatic rings. The van der Waals surface area contributed by atoms with Crippen LogP contribution in [0.2, 0.25) is 0 Å². The highest BCUT2D eigenvalue weighted by molar-refractivity contribution is 7.86. The largest absolute Gasteiger partial charge is 0.513 e. The molecule has 0 fully saturated rings. The van der Waals surface area contributed by atoms with Crippen LogP contribution < -0.4 is 9.47 Å². The van der Waals surface area contributed by atoms with E-state index < -0.39 is 12.8 Å². The van der Waals surface area contributed by atoms with Crippen molar-refractivity contribution in [3.05, 3.63) is 155 Å². The minimum Gasteiger partial charge on any atom is -0.492 e. The first kappa shape index (κ1) is 36.5. The summed E-state index contributed by atoms with van der Waals surface area (Å²) in [6.07, 6.45) is 0.0506. The lowest BCUT2D eigenvalue weighted by molar-refractivity contribution is 0.0965. The Kier molecular flexibility index (Phi) is 12.0. The van der Waals surface area contributed by atoms with Gasteiger partial charge in [-0.25, -0.2) is 9.46 Å². The Labute approximate surface area is 309 Å². The van der Waals surface area contributed by atoms with Gasteiger partial charge < -0.3 is 14.2 Å². The average molecular weight is 741 g/mol. The first-order chi connectivity index (χ1) is 24.8. The minimum atomic E-state index is -2.95. The monoisotopic (exact) mass is 739 g/mol. The minimum absolute atomic E-state index is 0.0477. The quantitative estimate of drug-likeness (QED) is 0.0371. The Hall–Kier alpha value is -4.32. The second kappa shape index (κ2) is 16.8. The number of rotatable bonds is 14. The zero-order valence-electron chi connectivity index (χ0n) is 28.6. The van der Waals surface area contributed by atoms with Crippen LogP contribution in [-0.4, -0.2) is 49.7 Å². The maximum atomic E-state index is 12.9. The molecule has 0 N–H and O–H groups in total. The fourth-order valence-corrected chi connectivity index (χ4v) is 8.31. The zero-order chi connectivity index (χ0) is 35.8. The second-order valence-electron chi connectivity index (χ2n) is 12.3. The summed E-state index contributed by atoms with van der Waals surface area (Å²) < 4.78 is 31.3. The molecule has 0 radical (unpaired) electrons. The molecule has 6 nitrogen and oxygen atoms in total. The highest BCUT2D eigenvalue weighted by Gasteiger charge is 2.29. The predicted molar refractivity (Wildman–Crippen MR) is 208 cm³/mol. The van der Waals surface area contributed by atoms with E-state index in [9.17, 15) is 9.36 Å². The predicted octanol–water partition coefficient (Wildman–Crippen LogP) is 11.4. The lowest BCUT2D eigenvalue weighted by Crippen LogP contribution is -2.26. The molecular weight excluding hydrogens is 700 g/mol. The number of hydrogen-bond acceptors (Lipinski definition) is 5. The van der Waals surface area contributed by atoms with Gasteiger partial charge in [0.2, 0.25) is 6.65 Å². The SMILES string of the molecule is CC/C(=C(/c1ccc(OCCN(CCCl)P(C)(=O)Cl)cc1)c1ccc(OC(=O)OCC2c3ccccc3-c3ccccc32)cc1)c1ccccc1. The maximum absolute atomic E-state index is 12.9. The smallest absolute Gasteiger partial charge is 0.492 e. The molecule has 1 aliphatic carbocycles. The fourth-order valence-electron chi connectivity index (χ4n) is 6.64. The number of hydrogen-bond donors (Lipinski definition) is 0. The standard InChI is InChI=1S/C42H40Cl2NO5P/c1-3-35(30-11-5-4-6-12-30)41(31-17-21-33(22-18-31)48-28-27-45(26-25-43)51(2,44)47)32-19-23-34(24-20-32)50-42(46)49-29-40-38-15-9-7-13-36(38)37-14-8-10-16-39(37)40/h4-24,40H,3,25-29H2,1-2H3/b41-35+. The number of ether oxygens (including phenoxy) is 3. The van der Waals surface area contributed by atoms with Crippen molar-refractivity contribution in [1.29, 1.82) is 0 Å². The number of carbonyl (C=O) groups excluding carboxylic acids is 1. The van der Waals surface area contributed by atoms with Crippen molar-refractivity contribution in [1.82, 2.24) is 4.67 Å². The number of benzene rings is 5. The van der Waals surface area contributed by atoms with E-state index in [0.29, 0.717) is 37.1 Å². The van der Waals surface area contributed by atoms with Crippen LogP contribution in [0, 0.1) is 0 Å². The van der Waals surface area contributed by atoms with E-state index in [1.807, 2.05) is 78.9 Å². The third-order valence-electron chi connectivity index (χ3n) is 9.06. The molecule has 262 valence electrons. The summed E-state index contributed by atoms with van der Waals surface area (Å²) >= 11 is 12.0. The topological polar surface area (TPSA) is 65.1 Å². The zero-order valence-corrected chi connectivity index (χ0v) is 31.0. The van der Waals surface area contributed by atoms with Gasteiger partial charge in [-0.05, 0) is 92.0 Å². The summed E-state index contributed by atoms with van der Waals surface area (Å²) in [5, 5.41) is 0. The van der Waals surface area contributed by atoms with E-state index in [2.05, 4.69) is 43.3 Å². The first-order valence-corrected chi connectivity index (χ1v) is 20.5. The van der Waals surface area contributed by atoms with Crippen molar-refractivity contribution >= 4 is 46.8 Å². The second-order valence-corrected chi connectivity index (χ2v) is 16.7. The van der Waals surface area contributed by atoms with Gasteiger partial charge in [0.25, 0.3) is 0 Å². The van der Waals surface area contributed by atoms with E-state index in [1.54, 1.807) is 16.8 Å². The summed E-state index contributed by atoms with van der Waals surface area (Å²) in [5.74, 6) is 1.37. The van der Waals surface area contributed by atoms with Crippen molar-refractivity contribution in [3.8, 4) is 22.6 Å².